The summed E-state index contributed by atoms with van der Waals surface area (Å²) in [6.45, 7) is 6.21. The summed E-state index contributed by atoms with van der Waals surface area (Å²) in [6.07, 6.45) is 0. The highest BCUT2D eigenvalue weighted by Gasteiger charge is 1.96. The van der Waals surface area contributed by atoms with Crippen molar-refractivity contribution in [3.05, 3.63) is 35.4 Å². The standard InChI is InChI=1S/C12H16N2/c1-10(2)8-14-9-12-5-3-4-11(6-12)7-13/h3-6,10,14H,8-9H2,1-2H3. The molecule has 0 aromatic heterocycles. The number of nitrogens with one attached hydrogen (secondary N) is 1. The van der Waals surface area contributed by atoms with Gasteiger partial charge in [0.25, 0.3) is 0 Å². The Morgan fingerprint density at radius 2 is 2.21 bits per heavy atom. The van der Waals surface area contributed by atoms with Crippen LogP contribution in [0.5, 0.6) is 0 Å². The molecular weight excluding hydrogens is 172 g/mol. The highest BCUT2D eigenvalue weighted by Crippen LogP contribution is 2.03. The Morgan fingerprint density at radius 3 is 2.86 bits per heavy atom. The summed E-state index contributed by atoms with van der Waals surface area (Å²) in [5.74, 6) is 0.661. The second-order valence-corrected chi connectivity index (χ2v) is 3.84. The fourth-order valence-corrected chi connectivity index (χ4v) is 1.26. The summed E-state index contributed by atoms with van der Waals surface area (Å²) in [4.78, 5) is 0. The van der Waals surface area contributed by atoms with Gasteiger partial charge in [-0.15, -0.1) is 0 Å². The first kappa shape index (κ1) is 10.7. The smallest absolute Gasteiger partial charge is 0.0991 e. The largest absolute Gasteiger partial charge is 0.312 e. The number of benzene rings is 1. The van der Waals surface area contributed by atoms with E-state index < -0.39 is 0 Å². The summed E-state index contributed by atoms with van der Waals surface area (Å²) < 4.78 is 0. The van der Waals surface area contributed by atoms with Crippen molar-refractivity contribution in [2.75, 3.05) is 6.54 Å². The summed E-state index contributed by atoms with van der Waals surface area (Å²) >= 11 is 0. The van der Waals surface area contributed by atoms with Crippen molar-refractivity contribution in [3.8, 4) is 6.07 Å². The lowest BCUT2D eigenvalue weighted by atomic mass is 10.1. The van der Waals surface area contributed by atoms with E-state index in [0.717, 1.165) is 18.7 Å². The van der Waals surface area contributed by atoms with E-state index in [2.05, 4.69) is 25.2 Å². The Labute approximate surface area is 85.6 Å². The van der Waals surface area contributed by atoms with E-state index in [1.807, 2.05) is 24.3 Å². The molecule has 0 saturated carbocycles. The van der Waals surface area contributed by atoms with Crippen LogP contribution >= 0.6 is 0 Å². The molecule has 1 aromatic carbocycles. The molecule has 0 bridgehead atoms. The molecule has 2 nitrogen and oxygen atoms in total. The van der Waals surface area contributed by atoms with E-state index in [0.29, 0.717) is 5.92 Å². The maximum absolute atomic E-state index is 8.71. The van der Waals surface area contributed by atoms with Gasteiger partial charge in [-0.25, -0.2) is 0 Å². The van der Waals surface area contributed by atoms with Crippen molar-refractivity contribution in [1.29, 1.82) is 5.26 Å². The molecule has 0 aliphatic heterocycles. The van der Waals surface area contributed by atoms with Crippen molar-refractivity contribution >= 4 is 0 Å². The zero-order valence-electron chi connectivity index (χ0n) is 8.75. The fourth-order valence-electron chi connectivity index (χ4n) is 1.26. The van der Waals surface area contributed by atoms with Gasteiger partial charge < -0.3 is 5.32 Å². The van der Waals surface area contributed by atoms with Crippen LogP contribution in [0.1, 0.15) is 25.0 Å². The second-order valence-electron chi connectivity index (χ2n) is 3.84. The molecule has 0 radical (unpaired) electrons. The molecule has 1 N–H and O–H groups in total. The van der Waals surface area contributed by atoms with Crippen LogP contribution in [0.4, 0.5) is 0 Å². The molecule has 0 unspecified atom stereocenters. The number of rotatable bonds is 4. The van der Waals surface area contributed by atoms with Crippen LogP contribution in [0.2, 0.25) is 0 Å². The Bertz CT molecular complexity index is 323. The molecule has 0 atom stereocenters. The van der Waals surface area contributed by atoms with E-state index in [4.69, 9.17) is 5.26 Å². The van der Waals surface area contributed by atoms with Gasteiger partial charge >= 0.3 is 0 Å². The summed E-state index contributed by atoms with van der Waals surface area (Å²) in [5.41, 5.74) is 1.90. The lowest BCUT2D eigenvalue weighted by molar-refractivity contribution is 0.552. The first-order valence-corrected chi connectivity index (χ1v) is 4.92. The topological polar surface area (TPSA) is 35.8 Å². The van der Waals surface area contributed by atoms with Gasteiger partial charge in [0, 0.05) is 6.54 Å². The van der Waals surface area contributed by atoms with Crippen LogP contribution in [-0.4, -0.2) is 6.54 Å². The minimum Gasteiger partial charge on any atom is -0.312 e. The lowest BCUT2D eigenvalue weighted by Gasteiger charge is -2.07. The van der Waals surface area contributed by atoms with E-state index in [1.165, 1.54) is 5.56 Å². The first-order valence-electron chi connectivity index (χ1n) is 4.92. The molecule has 0 saturated heterocycles. The minimum atomic E-state index is 0.661. The van der Waals surface area contributed by atoms with Gasteiger partial charge in [0.1, 0.15) is 0 Å². The maximum atomic E-state index is 8.71. The van der Waals surface area contributed by atoms with E-state index >= 15 is 0 Å². The summed E-state index contributed by atoms with van der Waals surface area (Å²) in [7, 11) is 0. The summed E-state index contributed by atoms with van der Waals surface area (Å²) in [6, 6.07) is 9.85. The third kappa shape index (κ3) is 3.59. The molecule has 14 heavy (non-hydrogen) atoms. The van der Waals surface area contributed by atoms with Gasteiger partial charge in [0.2, 0.25) is 0 Å². The van der Waals surface area contributed by atoms with Crippen LogP contribution in [0.3, 0.4) is 0 Å². The normalized spacial score (nSPS) is 10.1. The Morgan fingerprint density at radius 1 is 1.43 bits per heavy atom. The van der Waals surface area contributed by atoms with Gasteiger partial charge in [-0.05, 0) is 30.2 Å². The van der Waals surface area contributed by atoms with Crippen molar-refractivity contribution in [3.63, 3.8) is 0 Å². The van der Waals surface area contributed by atoms with Crippen LogP contribution in [0.15, 0.2) is 24.3 Å². The van der Waals surface area contributed by atoms with Crippen molar-refractivity contribution < 1.29 is 0 Å². The molecule has 0 aliphatic carbocycles. The molecule has 74 valence electrons. The third-order valence-corrected chi connectivity index (χ3v) is 1.94. The van der Waals surface area contributed by atoms with Crippen molar-refractivity contribution in [2.24, 2.45) is 5.92 Å². The zero-order chi connectivity index (χ0) is 10.4. The molecular formula is C12H16N2. The highest BCUT2D eigenvalue weighted by atomic mass is 14.8. The third-order valence-electron chi connectivity index (χ3n) is 1.94. The van der Waals surface area contributed by atoms with Gasteiger partial charge in [-0.3, -0.25) is 0 Å². The molecule has 0 heterocycles. The predicted molar refractivity (Wildman–Crippen MR) is 57.7 cm³/mol. The first-order chi connectivity index (χ1) is 6.72. The van der Waals surface area contributed by atoms with Gasteiger partial charge in [-0.1, -0.05) is 26.0 Å². The molecule has 0 spiro atoms. The maximum Gasteiger partial charge on any atom is 0.0991 e. The van der Waals surface area contributed by atoms with Gasteiger partial charge in [0.15, 0.2) is 0 Å². The van der Waals surface area contributed by atoms with Crippen LogP contribution in [0.25, 0.3) is 0 Å². The predicted octanol–water partition coefficient (Wildman–Crippen LogP) is 2.30. The quantitative estimate of drug-likeness (QED) is 0.787. The van der Waals surface area contributed by atoms with Crippen LogP contribution in [-0.2, 0) is 6.54 Å². The lowest BCUT2D eigenvalue weighted by Crippen LogP contribution is -2.18. The second kappa shape index (κ2) is 5.41. The Kier molecular flexibility index (Phi) is 4.15. The van der Waals surface area contributed by atoms with Crippen LogP contribution < -0.4 is 5.32 Å². The number of nitriles is 1. The SMILES string of the molecule is CC(C)CNCc1cccc(C#N)c1. The summed E-state index contributed by atoms with van der Waals surface area (Å²) in [5, 5.41) is 12.0. The minimum absolute atomic E-state index is 0.661. The van der Waals surface area contributed by atoms with Crippen molar-refractivity contribution in [1.82, 2.24) is 5.32 Å². The van der Waals surface area contributed by atoms with Gasteiger partial charge in [0.05, 0.1) is 11.6 Å². The van der Waals surface area contributed by atoms with Crippen LogP contribution in [0, 0.1) is 17.2 Å². The molecule has 0 aliphatic rings. The average Bonchev–Trinajstić information content (AvgIpc) is 2.18. The van der Waals surface area contributed by atoms with E-state index in [1.54, 1.807) is 0 Å². The molecule has 0 amide bonds. The van der Waals surface area contributed by atoms with Gasteiger partial charge in [-0.2, -0.15) is 5.26 Å². The van der Waals surface area contributed by atoms with E-state index in [-0.39, 0.29) is 0 Å². The highest BCUT2D eigenvalue weighted by molar-refractivity contribution is 5.32. The Balaban J connectivity index is 2.47. The zero-order valence-corrected chi connectivity index (χ0v) is 8.75. The monoisotopic (exact) mass is 188 g/mol. The van der Waals surface area contributed by atoms with Crippen molar-refractivity contribution in [2.45, 2.75) is 20.4 Å². The molecule has 0 fully saturated rings. The average molecular weight is 188 g/mol. The number of hydrogen-bond acceptors (Lipinski definition) is 2. The fraction of sp³-hybridized carbons (Fsp3) is 0.417. The number of hydrogen-bond donors (Lipinski definition) is 1. The molecule has 1 rings (SSSR count). The molecule has 1 aromatic rings. The molecule has 2 heteroatoms. The number of nitrogens with zero attached hydrogens (tertiary/aromatic N) is 1. The Hall–Kier alpha value is -1.33. The van der Waals surface area contributed by atoms with E-state index in [9.17, 15) is 0 Å².